The van der Waals surface area contributed by atoms with Gasteiger partial charge in [0.15, 0.2) is 0 Å². The van der Waals surface area contributed by atoms with Crippen LogP contribution in [-0.4, -0.2) is 25.8 Å². The summed E-state index contributed by atoms with van der Waals surface area (Å²) in [6.07, 6.45) is 1.31. The van der Waals surface area contributed by atoms with Crippen molar-refractivity contribution in [2.45, 2.75) is 39.2 Å². The maximum atomic E-state index is 6.06. The van der Waals surface area contributed by atoms with Gasteiger partial charge >= 0.3 is 0 Å². The van der Waals surface area contributed by atoms with Gasteiger partial charge in [-0.15, -0.1) is 0 Å². The Labute approximate surface area is 116 Å². The topological polar surface area (TPSA) is 21.3 Å². The Morgan fingerprint density at radius 1 is 1.33 bits per heavy atom. The molecule has 1 unspecified atom stereocenters. The fourth-order valence-corrected chi connectivity index (χ4v) is 2.11. The van der Waals surface area contributed by atoms with E-state index in [1.165, 1.54) is 5.56 Å². The molecule has 18 heavy (non-hydrogen) atoms. The molecule has 0 aromatic heterocycles. The molecule has 0 fully saturated rings. The molecule has 0 aliphatic heterocycles. The lowest BCUT2D eigenvalue weighted by atomic mass is 9.96. The molecule has 0 aliphatic carbocycles. The smallest absolute Gasteiger partial charge is 0.0518 e. The zero-order chi connectivity index (χ0) is 13.4. The monoisotopic (exact) mass is 269 g/mol. The molecule has 1 rings (SSSR count). The molecule has 1 aromatic rings. The van der Waals surface area contributed by atoms with Crippen LogP contribution in [0.5, 0.6) is 0 Å². The van der Waals surface area contributed by atoms with Crippen LogP contribution in [-0.2, 0) is 4.74 Å². The molecule has 0 spiro atoms. The molecule has 0 saturated carbocycles. The van der Waals surface area contributed by atoms with Gasteiger partial charge in [0.25, 0.3) is 0 Å². The lowest BCUT2D eigenvalue weighted by Crippen LogP contribution is -2.22. The molecule has 0 saturated heterocycles. The quantitative estimate of drug-likeness (QED) is 0.774. The van der Waals surface area contributed by atoms with Crippen LogP contribution in [0.3, 0.4) is 0 Å². The average Bonchev–Trinajstić information content (AvgIpc) is 2.33. The first-order valence-corrected chi connectivity index (χ1v) is 7.09. The maximum Gasteiger partial charge on any atom is 0.0518 e. The summed E-state index contributed by atoms with van der Waals surface area (Å²) in [5, 5.41) is 4.21. The second kappa shape index (κ2) is 8.52. The number of rotatable bonds is 8. The number of nitrogens with one attached hydrogen (secondary N) is 1. The van der Waals surface area contributed by atoms with Crippen LogP contribution in [0, 0.1) is 0 Å². The van der Waals surface area contributed by atoms with Crippen LogP contribution < -0.4 is 5.32 Å². The Morgan fingerprint density at radius 2 is 2.11 bits per heavy atom. The number of hydrogen-bond acceptors (Lipinski definition) is 2. The fourth-order valence-electron chi connectivity index (χ4n) is 1.91. The number of halogens is 1. The van der Waals surface area contributed by atoms with Gasteiger partial charge in [0, 0.05) is 18.2 Å². The van der Waals surface area contributed by atoms with Crippen molar-refractivity contribution in [3.05, 3.63) is 34.9 Å². The summed E-state index contributed by atoms with van der Waals surface area (Å²) < 4.78 is 5.64. The Balaban J connectivity index is 2.59. The van der Waals surface area contributed by atoms with Crippen LogP contribution in [0.2, 0.25) is 5.02 Å². The predicted molar refractivity (Wildman–Crippen MR) is 78.4 cm³/mol. The lowest BCUT2D eigenvalue weighted by molar-refractivity contribution is 0.0733. The molecule has 0 aliphatic rings. The molecule has 0 bridgehead atoms. The fraction of sp³-hybridized carbons (Fsp3) is 0.600. The van der Waals surface area contributed by atoms with Gasteiger partial charge in [0.2, 0.25) is 0 Å². The highest BCUT2D eigenvalue weighted by Crippen LogP contribution is 2.22. The normalized spacial score (nSPS) is 12.9. The van der Waals surface area contributed by atoms with Gasteiger partial charge in [0.1, 0.15) is 0 Å². The summed E-state index contributed by atoms with van der Waals surface area (Å²) >= 11 is 6.06. The maximum absolute atomic E-state index is 6.06. The van der Waals surface area contributed by atoms with Gasteiger partial charge in [-0.2, -0.15) is 0 Å². The van der Waals surface area contributed by atoms with E-state index in [1.807, 2.05) is 12.1 Å². The molecule has 0 amide bonds. The second-order valence-electron chi connectivity index (χ2n) is 4.77. The van der Waals surface area contributed by atoms with Crippen LogP contribution in [0.15, 0.2) is 24.3 Å². The SMILES string of the molecule is CCNCC(CCOC(C)C)c1cccc(Cl)c1. The van der Waals surface area contributed by atoms with Crippen LogP contribution in [0.25, 0.3) is 0 Å². The van der Waals surface area contributed by atoms with Crippen molar-refractivity contribution >= 4 is 11.6 Å². The van der Waals surface area contributed by atoms with Crippen molar-refractivity contribution in [3.8, 4) is 0 Å². The first-order valence-electron chi connectivity index (χ1n) is 6.71. The third-order valence-electron chi connectivity index (χ3n) is 2.88. The third kappa shape index (κ3) is 5.85. The molecule has 1 N–H and O–H groups in total. The minimum Gasteiger partial charge on any atom is -0.379 e. The van der Waals surface area contributed by atoms with Gasteiger partial charge in [-0.05, 0) is 50.4 Å². The molecular formula is C15H24ClNO. The standard InChI is InChI=1S/C15H24ClNO/c1-4-17-11-14(8-9-18-12(2)3)13-6-5-7-15(16)10-13/h5-7,10,12,14,17H,4,8-9,11H2,1-3H3. The van der Waals surface area contributed by atoms with E-state index in [4.69, 9.17) is 16.3 Å². The van der Waals surface area contributed by atoms with E-state index in [2.05, 4.69) is 38.2 Å². The predicted octanol–water partition coefficient (Wildman–Crippen LogP) is 3.85. The number of likely N-dealkylation sites (N-methyl/N-ethyl adjacent to an activating group) is 1. The summed E-state index contributed by atoms with van der Waals surface area (Å²) in [6, 6.07) is 8.13. The van der Waals surface area contributed by atoms with E-state index < -0.39 is 0 Å². The van der Waals surface area contributed by atoms with Crippen molar-refractivity contribution in [3.63, 3.8) is 0 Å². The van der Waals surface area contributed by atoms with E-state index in [1.54, 1.807) is 0 Å². The third-order valence-corrected chi connectivity index (χ3v) is 3.11. The molecule has 2 nitrogen and oxygen atoms in total. The summed E-state index contributed by atoms with van der Waals surface area (Å²) in [5.41, 5.74) is 1.29. The molecule has 0 heterocycles. The van der Waals surface area contributed by atoms with Gasteiger partial charge in [-0.25, -0.2) is 0 Å². The largest absolute Gasteiger partial charge is 0.379 e. The first kappa shape index (κ1) is 15.5. The van der Waals surface area contributed by atoms with Gasteiger partial charge in [-0.3, -0.25) is 0 Å². The molecule has 102 valence electrons. The Kier molecular flexibility index (Phi) is 7.33. The van der Waals surface area contributed by atoms with Gasteiger partial charge in [0.05, 0.1) is 6.10 Å². The van der Waals surface area contributed by atoms with Gasteiger partial charge in [-0.1, -0.05) is 30.7 Å². The second-order valence-corrected chi connectivity index (χ2v) is 5.20. The molecule has 1 aromatic carbocycles. The number of ether oxygens (including phenoxy) is 1. The molecular weight excluding hydrogens is 246 g/mol. The summed E-state index contributed by atoms with van der Waals surface area (Å²) in [5.74, 6) is 0.461. The van der Waals surface area contributed by atoms with Crippen molar-refractivity contribution in [1.82, 2.24) is 5.32 Å². The van der Waals surface area contributed by atoms with Crippen molar-refractivity contribution in [2.75, 3.05) is 19.7 Å². The Morgan fingerprint density at radius 3 is 2.72 bits per heavy atom. The van der Waals surface area contributed by atoms with Crippen molar-refractivity contribution in [1.29, 1.82) is 0 Å². The van der Waals surface area contributed by atoms with Crippen molar-refractivity contribution < 1.29 is 4.74 Å². The summed E-state index contributed by atoms with van der Waals surface area (Å²) in [4.78, 5) is 0. The number of hydrogen-bond donors (Lipinski definition) is 1. The highest BCUT2D eigenvalue weighted by molar-refractivity contribution is 6.30. The molecule has 0 radical (unpaired) electrons. The minimum atomic E-state index is 0.296. The zero-order valence-electron chi connectivity index (χ0n) is 11.6. The highest BCUT2D eigenvalue weighted by Gasteiger charge is 2.11. The van der Waals surface area contributed by atoms with Crippen molar-refractivity contribution in [2.24, 2.45) is 0 Å². The van der Waals surface area contributed by atoms with E-state index in [0.29, 0.717) is 12.0 Å². The van der Waals surface area contributed by atoms with Crippen LogP contribution >= 0.6 is 11.6 Å². The average molecular weight is 270 g/mol. The highest BCUT2D eigenvalue weighted by atomic mass is 35.5. The Bertz CT molecular complexity index is 341. The summed E-state index contributed by atoms with van der Waals surface area (Å²) in [6.45, 7) is 9.01. The molecule has 3 heteroatoms. The van der Waals surface area contributed by atoms with E-state index in [9.17, 15) is 0 Å². The van der Waals surface area contributed by atoms with Crippen LogP contribution in [0.1, 0.15) is 38.7 Å². The Hall–Kier alpha value is -0.570. The van der Waals surface area contributed by atoms with E-state index in [-0.39, 0.29) is 0 Å². The van der Waals surface area contributed by atoms with E-state index in [0.717, 1.165) is 31.1 Å². The van der Waals surface area contributed by atoms with Gasteiger partial charge < -0.3 is 10.1 Å². The van der Waals surface area contributed by atoms with Crippen LogP contribution in [0.4, 0.5) is 0 Å². The molecule has 1 atom stereocenters. The number of benzene rings is 1. The summed E-state index contributed by atoms with van der Waals surface area (Å²) in [7, 11) is 0. The first-order chi connectivity index (χ1) is 8.63. The minimum absolute atomic E-state index is 0.296. The zero-order valence-corrected chi connectivity index (χ0v) is 12.3. The lowest BCUT2D eigenvalue weighted by Gasteiger charge is -2.19. The van der Waals surface area contributed by atoms with E-state index >= 15 is 0 Å².